The topological polar surface area (TPSA) is 55.6 Å². The molecule has 0 amide bonds. The number of hydrogen-bond acceptors (Lipinski definition) is 4. The Hall–Kier alpha value is -1.71. The van der Waals surface area contributed by atoms with Crippen LogP contribution in [0, 0.1) is 0 Å². The molecule has 1 heterocycles. The molecule has 1 fully saturated rings. The molecule has 4 nitrogen and oxygen atoms in total. The first kappa shape index (κ1) is 16.3. The molecule has 4 heteroatoms. The Morgan fingerprint density at radius 2 is 1.65 bits per heavy atom. The van der Waals surface area contributed by atoms with Gasteiger partial charge in [-0.05, 0) is 64.3 Å². The number of nitrogen functional groups attached to an aromatic ring is 1. The average molecular weight is 278 g/mol. The predicted molar refractivity (Wildman–Crippen MR) is 83.8 cm³/mol. The fourth-order valence-electron chi connectivity index (χ4n) is 1.98. The van der Waals surface area contributed by atoms with Crippen molar-refractivity contribution < 1.29 is 9.53 Å². The first-order chi connectivity index (χ1) is 9.42. The zero-order valence-electron chi connectivity index (χ0n) is 12.8. The molecule has 0 atom stereocenters. The standard InChI is InChI=1S/C11H16N2.C5H10O2/c12-10-4-6-11(7-5-10)13-8-2-1-3-9-13;1-5(2,3)7-4-6/h4-7H,1-3,8-9,12H2;4H,1-3H3. The van der Waals surface area contributed by atoms with Crippen LogP contribution < -0.4 is 10.6 Å². The summed E-state index contributed by atoms with van der Waals surface area (Å²) < 4.78 is 4.55. The molecule has 1 aliphatic heterocycles. The van der Waals surface area contributed by atoms with E-state index in [1.807, 2.05) is 32.9 Å². The van der Waals surface area contributed by atoms with Crippen LogP contribution in [0.25, 0.3) is 0 Å². The van der Waals surface area contributed by atoms with Gasteiger partial charge in [0.15, 0.2) is 0 Å². The van der Waals surface area contributed by atoms with Gasteiger partial charge in [-0.15, -0.1) is 0 Å². The number of piperidine rings is 1. The van der Waals surface area contributed by atoms with Gasteiger partial charge in [0.05, 0.1) is 0 Å². The van der Waals surface area contributed by atoms with Crippen LogP contribution >= 0.6 is 0 Å². The molecule has 1 aliphatic rings. The Balaban J connectivity index is 0.000000246. The lowest BCUT2D eigenvalue weighted by Crippen LogP contribution is -2.29. The van der Waals surface area contributed by atoms with Crippen LogP contribution in [0.1, 0.15) is 40.0 Å². The minimum Gasteiger partial charge on any atom is -0.462 e. The van der Waals surface area contributed by atoms with Gasteiger partial charge in [-0.1, -0.05) is 0 Å². The molecule has 0 unspecified atom stereocenters. The van der Waals surface area contributed by atoms with Crippen molar-refractivity contribution in [3.05, 3.63) is 24.3 Å². The average Bonchev–Trinajstić information content (AvgIpc) is 2.40. The Morgan fingerprint density at radius 1 is 1.10 bits per heavy atom. The summed E-state index contributed by atoms with van der Waals surface area (Å²) >= 11 is 0. The SMILES string of the molecule is CC(C)(C)OC=O.Nc1ccc(N2CCCCC2)cc1. The van der Waals surface area contributed by atoms with Gasteiger partial charge in [-0.3, -0.25) is 4.79 Å². The highest BCUT2D eigenvalue weighted by molar-refractivity contribution is 5.53. The van der Waals surface area contributed by atoms with Crippen molar-refractivity contribution in [3.8, 4) is 0 Å². The summed E-state index contributed by atoms with van der Waals surface area (Å²) in [5.41, 5.74) is 7.48. The number of nitrogens with two attached hydrogens (primary N) is 1. The lowest BCUT2D eigenvalue weighted by Gasteiger charge is -2.28. The minimum absolute atomic E-state index is 0.318. The smallest absolute Gasteiger partial charge is 0.293 e. The molecule has 2 rings (SSSR count). The van der Waals surface area contributed by atoms with Gasteiger partial charge in [0.25, 0.3) is 6.47 Å². The maximum Gasteiger partial charge on any atom is 0.293 e. The minimum atomic E-state index is -0.318. The van der Waals surface area contributed by atoms with Gasteiger partial charge in [0.1, 0.15) is 5.60 Å². The number of nitrogens with zero attached hydrogens (tertiary/aromatic N) is 1. The van der Waals surface area contributed by atoms with Gasteiger partial charge in [-0.2, -0.15) is 0 Å². The molecule has 2 N–H and O–H groups in total. The summed E-state index contributed by atoms with van der Waals surface area (Å²) in [4.78, 5) is 12.0. The first-order valence-corrected chi connectivity index (χ1v) is 7.14. The van der Waals surface area contributed by atoms with Crippen LogP contribution in [-0.4, -0.2) is 25.2 Å². The van der Waals surface area contributed by atoms with Crippen LogP contribution in [0.4, 0.5) is 11.4 Å². The normalized spacial score (nSPS) is 15.1. The molecular weight excluding hydrogens is 252 g/mol. The zero-order valence-corrected chi connectivity index (χ0v) is 12.8. The molecule has 0 radical (unpaired) electrons. The van der Waals surface area contributed by atoms with Crippen molar-refractivity contribution in [2.45, 2.75) is 45.6 Å². The number of anilines is 2. The molecule has 1 aromatic carbocycles. The van der Waals surface area contributed by atoms with Crippen LogP contribution in [0.2, 0.25) is 0 Å². The number of benzene rings is 1. The van der Waals surface area contributed by atoms with E-state index in [9.17, 15) is 4.79 Å². The lowest BCUT2D eigenvalue weighted by molar-refractivity contribution is -0.138. The summed E-state index contributed by atoms with van der Waals surface area (Å²) in [6.45, 7) is 8.32. The molecule has 0 spiro atoms. The van der Waals surface area contributed by atoms with E-state index in [1.165, 1.54) is 38.0 Å². The van der Waals surface area contributed by atoms with Gasteiger partial charge in [0, 0.05) is 24.5 Å². The number of carbonyl (C=O) groups excluding carboxylic acids is 1. The van der Waals surface area contributed by atoms with E-state index in [4.69, 9.17) is 5.73 Å². The van der Waals surface area contributed by atoms with Crippen LogP contribution in [0.5, 0.6) is 0 Å². The summed E-state index contributed by atoms with van der Waals surface area (Å²) in [5, 5.41) is 0. The Labute approximate surface area is 121 Å². The quantitative estimate of drug-likeness (QED) is 0.666. The summed E-state index contributed by atoms with van der Waals surface area (Å²) in [5.74, 6) is 0. The Morgan fingerprint density at radius 3 is 2.05 bits per heavy atom. The molecule has 1 aromatic rings. The van der Waals surface area contributed by atoms with Gasteiger partial charge >= 0.3 is 0 Å². The second-order valence-electron chi connectivity index (χ2n) is 5.97. The Bertz CT molecular complexity index is 390. The zero-order chi connectivity index (χ0) is 15.0. The number of ether oxygens (including phenoxy) is 1. The third-order valence-electron chi connectivity index (χ3n) is 3.02. The maximum atomic E-state index is 9.60. The van der Waals surface area contributed by atoms with Crippen molar-refractivity contribution in [2.24, 2.45) is 0 Å². The van der Waals surface area contributed by atoms with E-state index in [0.29, 0.717) is 6.47 Å². The molecule has 0 aromatic heterocycles. The second-order valence-corrected chi connectivity index (χ2v) is 5.97. The highest BCUT2D eigenvalue weighted by Crippen LogP contribution is 2.20. The van der Waals surface area contributed by atoms with Crippen LogP contribution in [0.3, 0.4) is 0 Å². The predicted octanol–water partition coefficient (Wildman–Crippen LogP) is 3.22. The van der Waals surface area contributed by atoms with E-state index < -0.39 is 0 Å². The molecule has 0 saturated carbocycles. The number of carbonyl (C=O) groups is 1. The van der Waals surface area contributed by atoms with E-state index in [-0.39, 0.29) is 5.60 Å². The first-order valence-electron chi connectivity index (χ1n) is 7.14. The van der Waals surface area contributed by atoms with E-state index in [0.717, 1.165) is 5.69 Å². The second kappa shape index (κ2) is 7.78. The number of hydrogen-bond donors (Lipinski definition) is 1. The van der Waals surface area contributed by atoms with Crippen molar-refractivity contribution in [2.75, 3.05) is 23.7 Å². The molecular formula is C16H26N2O2. The third kappa shape index (κ3) is 6.45. The van der Waals surface area contributed by atoms with Crippen molar-refractivity contribution in [1.82, 2.24) is 0 Å². The van der Waals surface area contributed by atoms with Crippen molar-refractivity contribution in [1.29, 1.82) is 0 Å². The lowest BCUT2D eigenvalue weighted by atomic mass is 10.1. The van der Waals surface area contributed by atoms with Gasteiger partial charge in [-0.25, -0.2) is 0 Å². The molecule has 0 bridgehead atoms. The fourth-order valence-corrected chi connectivity index (χ4v) is 1.98. The molecule has 112 valence electrons. The highest BCUT2D eigenvalue weighted by Gasteiger charge is 2.09. The summed E-state index contributed by atoms with van der Waals surface area (Å²) in [7, 11) is 0. The monoisotopic (exact) mass is 278 g/mol. The Kier molecular flexibility index (Phi) is 6.36. The van der Waals surface area contributed by atoms with Crippen molar-refractivity contribution in [3.63, 3.8) is 0 Å². The van der Waals surface area contributed by atoms with Crippen LogP contribution in [-0.2, 0) is 9.53 Å². The maximum absolute atomic E-state index is 9.60. The summed E-state index contributed by atoms with van der Waals surface area (Å²) in [6.07, 6.45) is 4.03. The van der Waals surface area contributed by atoms with Gasteiger partial charge in [0.2, 0.25) is 0 Å². The third-order valence-corrected chi connectivity index (χ3v) is 3.02. The van der Waals surface area contributed by atoms with E-state index in [2.05, 4.69) is 21.8 Å². The fraction of sp³-hybridized carbons (Fsp3) is 0.562. The molecule has 1 saturated heterocycles. The molecule has 0 aliphatic carbocycles. The van der Waals surface area contributed by atoms with Crippen molar-refractivity contribution >= 4 is 17.8 Å². The van der Waals surface area contributed by atoms with E-state index in [1.54, 1.807) is 0 Å². The largest absolute Gasteiger partial charge is 0.462 e. The number of rotatable bonds is 2. The van der Waals surface area contributed by atoms with Gasteiger partial charge < -0.3 is 15.4 Å². The van der Waals surface area contributed by atoms with Crippen LogP contribution in [0.15, 0.2) is 24.3 Å². The summed E-state index contributed by atoms with van der Waals surface area (Å²) in [6, 6.07) is 8.18. The highest BCUT2D eigenvalue weighted by atomic mass is 16.5. The molecule has 20 heavy (non-hydrogen) atoms. The van der Waals surface area contributed by atoms with E-state index >= 15 is 0 Å².